The molecule has 1 saturated heterocycles. The summed E-state index contributed by atoms with van der Waals surface area (Å²) in [4.78, 5) is 2.47. The molecule has 1 heterocycles. The zero-order valence-electron chi connectivity index (χ0n) is 6.14. The predicted molar refractivity (Wildman–Crippen MR) is 40.5 cm³/mol. The number of hydrogen-bond donors (Lipinski definition) is 0. The Morgan fingerprint density at radius 2 is 2.56 bits per heavy atom. The number of likely N-dealkylation sites (N-methyl/N-ethyl adjacent to an activating group) is 1. The standard InChI is InChI=1S/C8H15N/c1-3-8-6-5-7-9(8)4-2/h3,8H,1,4-7H2,2H3/t8-/m0/s1. The average Bonchev–Trinajstić information content (AvgIpc) is 2.33. The quantitative estimate of drug-likeness (QED) is 0.507. The smallest absolute Gasteiger partial charge is 0.0275 e. The van der Waals surface area contributed by atoms with Crippen molar-refractivity contribution in [2.24, 2.45) is 0 Å². The molecule has 0 saturated carbocycles. The van der Waals surface area contributed by atoms with Crippen LogP contribution in [0.25, 0.3) is 0 Å². The summed E-state index contributed by atoms with van der Waals surface area (Å²) in [6, 6.07) is 0.676. The van der Waals surface area contributed by atoms with Gasteiger partial charge in [0.1, 0.15) is 0 Å². The van der Waals surface area contributed by atoms with Gasteiger partial charge in [0.05, 0.1) is 0 Å². The highest BCUT2D eigenvalue weighted by Crippen LogP contribution is 2.16. The fourth-order valence-corrected chi connectivity index (χ4v) is 1.51. The van der Waals surface area contributed by atoms with Crippen molar-refractivity contribution in [2.75, 3.05) is 13.1 Å². The Kier molecular flexibility index (Phi) is 2.29. The molecular formula is C8H15N. The number of rotatable bonds is 2. The lowest BCUT2D eigenvalue weighted by molar-refractivity contribution is 0.306. The molecule has 1 heteroatoms. The molecule has 0 spiro atoms. The fraction of sp³-hybridized carbons (Fsp3) is 0.750. The van der Waals surface area contributed by atoms with Gasteiger partial charge in [0.2, 0.25) is 0 Å². The van der Waals surface area contributed by atoms with Crippen LogP contribution in [0.3, 0.4) is 0 Å². The van der Waals surface area contributed by atoms with E-state index in [0.29, 0.717) is 6.04 Å². The monoisotopic (exact) mass is 125 g/mol. The van der Waals surface area contributed by atoms with Crippen LogP contribution < -0.4 is 0 Å². The minimum atomic E-state index is 0.676. The second kappa shape index (κ2) is 3.02. The van der Waals surface area contributed by atoms with Gasteiger partial charge in [-0.3, -0.25) is 4.90 Å². The first-order chi connectivity index (χ1) is 4.38. The fourth-order valence-electron chi connectivity index (χ4n) is 1.51. The van der Waals surface area contributed by atoms with Gasteiger partial charge in [-0.1, -0.05) is 13.0 Å². The lowest BCUT2D eigenvalue weighted by Crippen LogP contribution is -2.26. The van der Waals surface area contributed by atoms with Crippen LogP contribution in [0.2, 0.25) is 0 Å². The van der Waals surface area contributed by atoms with Gasteiger partial charge >= 0.3 is 0 Å². The Bertz CT molecular complexity index is 98.7. The summed E-state index contributed by atoms with van der Waals surface area (Å²) in [5.41, 5.74) is 0. The van der Waals surface area contributed by atoms with Gasteiger partial charge in [0.15, 0.2) is 0 Å². The van der Waals surface area contributed by atoms with Crippen LogP contribution >= 0.6 is 0 Å². The minimum absolute atomic E-state index is 0.676. The SMILES string of the molecule is C=C[C@H]1CCCN1CC. The van der Waals surface area contributed by atoms with Crippen molar-refractivity contribution in [3.63, 3.8) is 0 Å². The second-order valence-electron chi connectivity index (χ2n) is 2.57. The van der Waals surface area contributed by atoms with Crippen LogP contribution in [0, 0.1) is 0 Å². The highest BCUT2D eigenvalue weighted by Gasteiger charge is 2.18. The van der Waals surface area contributed by atoms with Gasteiger partial charge in [-0.05, 0) is 25.9 Å². The summed E-state index contributed by atoms with van der Waals surface area (Å²) >= 11 is 0. The number of nitrogens with zero attached hydrogens (tertiary/aromatic N) is 1. The van der Waals surface area contributed by atoms with Crippen LogP contribution in [-0.4, -0.2) is 24.0 Å². The molecule has 1 fully saturated rings. The molecule has 0 unspecified atom stereocenters. The molecule has 1 rings (SSSR count). The van der Waals surface area contributed by atoms with Crippen molar-refractivity contribution in [3.8, 4) is 0 Å². The highest BCUT2D eigenvalue weighted by atomic mass is 15.2. The van der Waals surface area contributed by atoms with Crippen molar-refractivity contribution in [2.45, 2.75) is 25.8 Å². The average molecular weight is 125 g/mol. The third-order valence-corrected chi connectivity index (χ3v) is 2.09. The first-order valence-corrected chi connectivity index (χ1v) is 3.75. The predicted octanol–water partition coefficient (Wildman–Crippen LogP) is 1.66. The summed E-state index contributed by atoms with van der Waals surface area (Å²) in [6.07, 6.45) is 4.73. The van der Waals surface area contributed by atoms with Crippen molar-refractivity contribution in [1.82, 2.24) is 4.90 Å². The zero-order valence-corrected chi connectivity index (χ0v) is 6.14. The maximum absolute atomic E-state index is 3.80. The second-order valence-corrected chi connectivity index (χ2v) is 2.57. The van der Waals surface area contributed by atoms with E-state index in [1.165, 1.54) is 25.9 Å². The highest BCUT2D eigenvalue weighted by molar-refractivity contribution is 4.91. The Labute approximate surface area is 57.4 Å². The maximum atomic E-state index is 3.80. The summed E-state index contributed by atoms with van der Waals surface area (Å²) in [7, 11) is 0. The first kappa shape index (κ1) is 6.81. The molecule has 0 radical (unpaired) electrons. The molecular weight excluding hydrogens is 110 g/mol. The van der Waals surface area contributed by atoms with Gasteiger partial charge in [0, 0.05) is 6.04 Å². The van der Waals surface area contributed by atoms with Crippen LogP contribution in [0.4, 0.5) is 0 Å². The minimum Gasteiger partial charge on any atom is -0.297 e. The van der Waals surface area contributed by atoms with E-state index in [1.54, 1.807) is 0 Å². The zero-order chi connectivity index (χ0) is 6.69. The van der Waals surface area contributed by atoms with Crippen LogP contribution in [0.5, 0.6) is 0 Å². The lowest BCUT2D eigenvalue weighted by atomic mass is 10.2. The topological polar surface area (TPSA) is 3.24 Å². The molecule has 0 N–H and O–H groups in total. The van der Waals surface area contributed by atoms with E-state index in [4.69, 9.17) is 0 Å². The van der Waals surface area contributed by atoms with Gasteiger partial charge in [-0.2, -0.15) is 0 Å². The van der Waals surface area contributed by atoms with Gasteiger partial charge in [-0.25, -0.2) is 0 Å². The molecule has 52 valence electrons. The lowest BCUT2D eigenvalue weighted by Gasteiger charge is -2.18. The molecule has 0 bridgehead atoms. The Hall–Kier alpha value is -0.300. The van der Waals surface area contributed by atoms with E-state index in [-0.39, 0.29) is 0 Å². The van der Waals surface area contributed by atoms with Gasteiger partial charge in [0.25, 0.3) is 0 Å². The van der Waals surface area contributed by atoms with E-state index < -0.39 is 0 Å². The first-order valence-electron chi connectivity index (χ1n) is 3.75. The molecule has 0 aromatic rings. The Balaban J connectivity index is 2.41. The largest absolute Gasteiger partial charge is 0.297 e. The number of likely N-dealkylation sites (tertiary alicyclic amines) is 1. The summed E-state index contributed by atoms with van der Waals surface area (Å²) in [5.74, 6) is 0. The molecule has 9 heavy (non-hydrogen) atoms. The van der Waals surface area contributed by atoms with Crippen LogP contribution in [0.1, 0.15) is 19.8 Å². The van der Waals surface area contributed by atoms with Crippen molar-refractivity contribution >= 4 is 0 Å². The van der Waals surface area contributed by atoms with Gasteiger partial charge < -0.3 is 0 Å². The number of hydrogen-bond acceptors (Lipinski definition) is 1. The molecule has 1 aliphatic heterocycles. The summed E-state index contributed by atoms with van der Waals surface area (Å²) < 4.78 is 0. The molecule has 1 nitrogen and oxygen atoms in total. The van der Waals surface area contributed by atoms with Crippen molar-refractivity contribution < 1.29 is 0 Å². The molecule has 1 atom stereocenters. The Morgan fingerprint density at radius 3 is 3.00 bits per heavy atom. The molecule has 0 aromatic heterocycles. The molecule has 0 amide bonds. The Morgan fingerprint density at radius 1 is 1.78 bits per heavy atom. The summed E-state index contributed by atoms with van der Waals surface area (Å²) in [6.45, 7) is 8.46. The van der Waals surface area contributed by atoms with Crippen molar-refractivity contribution in [1.29, 1.82) is 0 Å². The maximum Gasteiger partial charge on any atom is 0.0275 e. The van der Waals surface area contributed by atoms with Gasteiger partial charge in [-0.15, -0.1) is 6.58 Å². The van der Waals surface area contributed by atoms with E-state index in [2.05, 4.69) is 24.5 Å². The summed E-state index contributed by atoms with van der Waals surface area (Å²) in [5, 5.41) is 0. The van der Waals surface area contributed by atoms with E-state index >= 15 is 0 Å². The van der Waals surface area contributed by atoms with E-state index in [9.17, 15) is 0 Å². The molecule has 0 aliphatic carbocycles. The van der Waals surface area contributed by atoms with Crippen LogP contribution in [0.15, 0.2) is 12.7 Å². The normalized spacial score (nSPS) is 28.8. The molecule has 0 aromatic carbocycles. The third kappa shape index (κ3) is 1.33. The van der Waals surface area contributed by atoms with Crippen LogP contribution in [-0.2, 0) is 0 Å². The van der Waals surface area contributed by atoms with Crippen molar-refractivity contribution in [3.05, 3.63) is 12.7 Å². The van der Waals surface area contributed by atoms with E-state index in [1.807, 2.05) is 0 Å². The molecule has 1 aliphatic rings. The van der Waals surface area contributed by atoms with E-state index in [0.717, 1.165) is 0 Å². The third-order valence-electron chi connectivity index (χ3n) is 2.09.